The van der Waals surface area contributed by atoms with Gasteiger partial charge in [0, 0.05) is 15.6 Å². The number of carbonyl (C=O) groups is 1. The summed E-state index contributed by atoms with van der Waals surface area (Å²) in [6.07, 6.45) is 1.69. The second-order valence-electron chi connectivity index (χ2n) is 5.77. The largest absolute Gasteiger partial charge is 0.354 e. The highest BCUT2D eigenvalue weighted by Gasteiger charge is 2.21. The molecule has 110 valence electrons. The summed E-state index contributed by atoms with van der Waals surface area (Å²) in [4.78, 5) is 16.1. The molecule has 1 amide bonds. The molecule has 0 fully saturated rings. The fourth-order valence-electron chi connectivity index (χ4n) is 1.55. The van der Waals surface area contributed by atoms with Crippen molar-refractivity contribution in [1.29, 1.82) is 0 Å². The molecule has 0 bridgehead atoms. The molecule has 2 rings (SSSR count). The lowest BCUT2D eigenvalue weighted by molar-refractivity contribution is -0.123. The third-order valence-corrected chi connectivity index (χ3v) is 3.35. The summed E-state index contributed by atoms with van der Waals surface area (Å²) in [5.41, 5.74) is 1.41. The van der Waals surface area contributed by atoms with E-state index in [0.717, 1.165) is 15.8 Å². The molecule has 1 aromatic carbocycles. The molecule has 2 aromatic rings. The van der Waals surface area contributed by atoms with Gasteiger partial charge in [-0.1, -0.05) is 36.7 Å². The summed E-state index contributed by atoms with van der Waals surface area (Å²) in [6, 6.07) is 11.5. The van der Waals surface area contributed by atoms with E-state index in [1.807, 2.05) is 51.1 Å². The van der Waals surface area contributed by atoms with Crippen LogP contribution in [0.4, 0.5) is 17.2 Å². The lowest BCUT2D eigenvalue weighted by atomic mass is 9.96. The number of anilines is 3. The summed E-state index contributed by atoms with van der Waals surface area (Å²) in [5, 5.41) is 6.04. The van der Waals surface area contributed by atoms with Crippen LogP contribution in [0.25, 0.3) is 0 Å². The van der Waals surface area contributed by atoms with E-state index in [1.54, 1.807) is 12.3 Å². The van der Waals surface area contributed by atoms with Crippen molar-refractivity contribution >= 4 is 39.0 Å². The first kappa shape index (κ1) is 15.5. The molecular weight excluding hydrogens is 330 g/mol. The lowest BCUT2D eigenvalue weighted by Gasteiger charge is -2.17. The average Bonchev–Trinajstić information content (AvgIpc) is 2.42. The van der Waals surface area contributed by atoms with E-state index < -0.39 is 5.41 Å². The Labute approximate surface area is 133 Å². The zero-order valence-corrected chi connectivity index (χ0v) is 13.9. The number of hydrogen-bond donors (Lipinski definition) is 2. The van der Waals surface area contributed by atoms with Crippen LogP contribution in [0.2, 0.25) is 0 Å². The molecule has 4 nitrogen and oxygen atoms in total. The number of hydrogen-bond acceptors (Lipinski definition) is 3. The van der Waals surface area contributed by atoms with Gasteiger partial charge in [0.25, 0.3) is 0 Å². The van der Waals surface area contributed by atoms with Crippen LogP contribution in [0, 0.1) is 5.41 Å². The molecule has 1 heterocycles. The fraction of sp³-hybridized carbons (Fsp3) is 0.250. The molecule has 0 spiro atoms. The third kappa shape index (κ3) is 4.56. The van der Waals surface area contributed by atoms with Gasteiger partial charge in [0.1, 0.15) is 5.82 Å². The highest BCUT2D eigenvalue weighted by Crippen LogP contribution is 2.20. The number of nitrogens with zero attached hydrogens (tertiary/aromatic N) is 1. The van der Waals surface area contributed by atoms with Gasteiger partial charge in [0.2, 0.25) is 5.91 Å². The lowest BCUT2D eigenvalue weighted by Crippen LogP contribution is -2.27. The van der Waals surface area contributed by atoms with Gasteiger partial charge in [-0.15, -0.1) is 0 Å². The smallest absolute Gasteiger partial charge is 0.230 e. The molecule has 1 aromatic heterocycles. The van der Waals surface area contributed by atoms with E-state index in [1.165, 1.54) is 0 Å². The maximum absolute atomic E-state index is 11.9. The predicted octanol–water partition coefficient (Wildman–Crippen LogP) is 4.57. The highest BCUT2D eigenvalue weighted by molar-refractivity contribution is 9.10. The fourth-order valence-corrected chi connectivity index (χ4v) is 1.81. The number of rotatable bonds is 3. The van der Waals surface area contributed by atoms with E-state index in [0.29, 0.717) is 5.82 Å². The van der Waals surface area contributed by atoms with E-state index in [2.05, 4.69) is 31.5 Å². The molecule has 0 saturated carbocycles. The Morgan fingerprint density at radius 3 is 2.19 bits per heavy atom. The zero-order chi connectivity index (χ0) is 15.5. The van der Waals surface area contributed by atoms with Gasteiger partial charge in [-0.2, -0.15) is 0 Å². The standard InChI is InChI=1S/C16H18BrN3O/c1-16(2,3)15(21)20-14-9-8-13(10-18-14)19-12-6-4-11(17)5-7-12/h4-10,19H,1-3H3,(H,18,20,21). The van der Waals surface area contributed by atoms with Gasteiger partial charge >= 0.3 is 0 Å². The minimum Gasteiger partial charge on any atom is -0.354 e. The zero-order valence-electron chi connectivity index (χ0n) is 12.3. The van der Waals surface area contributed by atoms with Crippen molar-refractivity contribution in [2.75, 3.05) is 10.6 Å². The number of aromatic nitrogens is 1. The van der Waals surface area contributed by atoms with Crippen molar-refractivity contribution in [3.63, 3.8) is 0 Å². The predicted molar refractivity (Wildman–Crippen MR) is 89.7 cm³/mol. The highest BCUT2D eigenvalue weighted by atomic mass is 79.9. The molecule has 0 atom stereocenters. The van der Waals surface area contributed by atoms with Crippen molar-refractivity contribution in [2.45, 2.75) is 20.8 Å². The minimum atomic E-state index is -0.434. The summed E-state index contributed by atoms with van der Waals surface area (Å²) in [5.74, 6) is 0.500. The van der Waals surface area contributed by atoms with Gasteiger partial charge in [0.15, 0.2) is 0 Å². The molecule has 0 aliphatic rings. The van der Waals surface area contributed by atoms with Gasteiger partial charge in [0.05, 0.1) is 11.9 Å². The first-order chi connectivity index (χ1) is 9.84. The van der Waals surface area contributed by atoms with E-state index in [9.17, 15) is 4.79 Å². The molecule has 2 N–H and O–H groups in total. The monoisotopic (exact) mass is 347 g/mol. The molecule has 0 aliphatic carbocycles. The second kappa shape index (κ2) is 6.26. The summed E-state index contributed by atoms with van der Waals surface area (Å²) >= 11 is 3.40. The SMILES string of the molecule is CC(C)(C)C(=O)Nc1ccc(Nc2ccc(Br)cc2)cn1. The van der Waals surface area contributed by atoms with Crippen LogP contribution in [0.1, 0.15) is 20.8 Å². The van der Waals surface area contributed by atoms with Crippen LogP contribution in [0.5, 0.6) is 0 Å². The molecule has 0 radical (unpaired) electrons. The summed E-state index contributed by atoms with van der Waals surface area (Å²) < 4.78 is 1.03. The first-order valence-corrected chi connectivity index (χ1v) is 7.44. The van der Waals surface area contributed by atoms with Crippen molar-refractivity contribution in [3.8, 4) is 0 Å². The number of nitrogens with one attached hydrogen (secondary N) is 2. The van der Waals surface area contributed by atoms with Gasteiger partial charge in [-0.05, 0) is 36.4 Å². The number of halogens is 1. The third-order valence-electron chi connectivity index (χ3n) is 2.82. The Morgan fingerprint density at radius 1 is 1.05 bits per heavy atom. The normalized spacial score (nSPS) is 11.0. The number of carbonyl (C=O) groups excluding carboxylic acids is 1. The molecular formula is C16H18BrN3O. The van der Waals surface area contributed by atoms with Crippen molar-refractivity contribution in [3.05, 3.63) is 47.1 Å². The molecule has 21 heavy (non-hydrogen) atoms. The van der Waals surface area contributed by atoms with E-state index in [-0.39, 0.29) is 5.91 Å². The number of pyridine rings is 1. The van der Waals surface area contributed by atoms with Crippen LogP contribution in [-0.4, -0.2) is 10.9 Å². The Bertz CT molecular complexity index is 615. The topological polar surface area (TPSA) is 54.0 Å². The Morgan fingerprint density at radius 2 is 1.67 bits per heavy atom. The van der Waals surface area contributed by atoms with Gasteiger partial charge in [-0.3, -0.25) is 4.79 Å². The van der Waals surface area contributed by atoms with E-state index in [4.69, 9.17) is 0 Å². The average molecular weight is 348 g/mol. The maximum Gasteiger partial charge on any atom is 0.230 e. The summed E-state index contributed by atoms with van der Waals surface area (Å²) in [6.45, 7) is 5.60. The maximum atomic E-state index is 11.9. The van der Waals surface area contributed by atoms with Gasteiger partial charge in [-0.25, -0.2) is 4.98 Å². The van der Waals surface area contributed by atoms with Crippen molar-refractivity contribution in [1.82, 2.24) is 4.98 Å². The van der Waals surface area contributed by atoms with Crippen LogP contribution < -0.4 is 10.6 Å². The Hall–Kier alpha value is -1.88. The van der Waals surface area contributed by atoms with Crippen LogP contribution in [0.3, 0.4) is 0 Å². The Kier molecular flexibility index (Phi) is 4.63. The molecule has 0 saturated heterocycles. The number of benzene rings is 1. The van der Waals surface area contributed by atoms with Crippen LogP contribution >= 0.6 is 15.9 Å². The quantitative estimate of drug-likeness (QED) is 0.854. The second-order valence-corrected chi connectivity index (χ2v) is 6.68. The van der Waals surface area contributed by atoms with Crippen LogP contribution in [0.15, 0.2) is 47.1 Å². The van der Waals surface area contributed by atoms with Crippen LogP contribution in [-0.2, 0) is 4.79 Å². The molecule has 0 aliphatic heterocycles. The van der Waals surface area contributed by atoms with E-state index >= 15 is 0 Å². The minimum absolute atomic E-state index is 0.0522. The first-order valence-electron chi connectivity index (χ1n) is 6.65. The van der Waals surface area contributed by atoms with Crippen molar-refractivity contribution in [2.24, 2.45) is 5.41 Å². The molecule has 5 heteroatoms. The van der Waals surface area contributed by atoms with Crippen molar-refractivity contribution < 1.29 is 4.79 Å². The summed E-state index contributed by atoms with van der Waals surface area (Å²) in [7, 11) is 0. The number of amides is 1. The molecule has 0 unspecified atom stereocenters. The Balaban J connectivity index is 2.02. The van der Waals surface area contributed by atoms with Gasteiger partial charge < -0.3 is 10.6 Å².